The number of anilines is 1. The summed E-state index contributed by atoms with van der Waals surface area (Å²) in [6.45, 7) is 0.758. The highest BCUT2D eigenvalue weighted by Crippen LogP contribution is 2.12. The van der Waals surface area contributed by atoms with E-state index in [0.717, 1.165) is 24.2 Å². The van der Waals surface area contributed by atoms with Gasteiger partial charge in [-0.1, -0.05) is 23.7 Å². The van der Waals surface area contributed by atoms with Crippen molar-refractivity contribution in [3.05, 3.63) is 64.9 Å². The normalized spacial score (nSPS) is 10.3. The molecule has 2 N–H and O–H groups in total. The quantitative estimate of drug-likeness (QED) is 0.636. The van der Waals surface area contributed by atoms with Crippen LogP contribution in [0.4, 0.5) is 10.1 Å². The molecule has 2 rings (SSSR count). The highest BCUT2D eigenvalue weighted by molar-refractivity contribution is 6.30. The van der Waals surface area contributed by atoms with Crippen molar-refractivity contribution in [2.24, 2.45) is 0 Å². The number of hydrogen-bond donors (Lipinski definition) is 2. The Labute approximate surface area is 111 Å². The van der Waals surface area contributed by atoms with Gasteiger partial charge in [0.05, 0.1) is 0 Å². The van der Waals surface area contributed by atoms with Gasteiger partial charge >= 0.3 is 0 Å². The third-order valence-electron chi connectivity index (χ3n) is 2.53. The molecular weight excluding hydrogens is 251 g/mol. The van der Waals surface area contributed by atoms with Crippen LogP contribution in [0.1, 0.15) is 5.56 Å². The highest BCUT2D eigenvalue weighted by Gasteiger charge is 1.94. The molecule has 0 aliphatic rings. The Bertz CT molecular complexity index is 435. The second-order valence-electron chi connectivity index (χ2n) is 3.94. The first kappa shape index (κ1) is 12.9. The monoisotopic (exact) mass is 264 g/mol. The first-order valence-electron chi connectivity index (χ1n) is 5.73. The molecule has 0 aromatic heterocycles. The van der Waals surface area contributed by atoms with Crippen LogP contribution >= 0.6 is 11.6 Å². The van der Waals surface area contributed by atoms with Gasteiger partial charge in [-0.2, -0.15) is 0 Å². The zero-order valence-corrected chi connectivity index (χ0v) is 10.5. The van der Waals surface area contributed by atoms with Crippen molar-refractivity contribution in [2.75, 3.05) is 12.0 Å². The number of nitrogens with one attached hydrogen (secondary N) is 2. The zero-order chi connectivity index (χ0) is 12.8. The number of benzene rings is 2. The van der Waals surface area contributed by atoms with Gasteiger partial charge in [0.1, 0.15) is 5.82 Å². The van der Waals surface area contributed by atoms with E-state index in [1.807, 2.05) is 24.3 Å². The second kappa shape index (κ2) is 6.38. The average Bonchev–Trinajstić information content (AvgIpc) is 2.39. The molecule has 18 heavy (non-hydrogen) atoms. The van der Waals surface area contributed by atoms with E-state index in [1.165, 1.54) is 12.1 Å². The van der Waals surface area contributed by atoms with Crippen molar-refractivity contribution in [1.29, 1.82) is 0 Å². The molecule has 0 bridgehead atoms. The maximum atomic E-state index is 12.7. The molecule has 0 spiro atoms. The molecule has 0 unspecified atom stereocenters. The number of halogens is 2. The summed E-state index contributed by atoms with van der Waals surface area (Å²) in [4.78, 5) is 0. The minimum absolute atomic E-state index is 0.203. The summed E-state index contributed by atoms with van der Waals surface area (Å²) in [6, 6.07) is 14.0. The molecule has 0 aliphatic carbocycles. The minimum atomic E-state index is -0.203. The van der Waals surface area contributed by atoms with Gasteiger partial charge in [0.2, 0.25) is 0 Å². The molecule has 0 atom stereocenters. The fourth-order valence-electron chi connectivity index (χ4n) is 1.56. The molecule has 2 aromatic carbocycles. The average molecular weight is 265 g/mol. The van der Waals surface area contributed by atoms with E-state index in [0.29, 0.717) is 5.02 Å². The molecule has 0 aliphatic heterocycles. The van der Waals surface area contributed by atoms with E-state index >= 15 is 0 Å². The fraction of sp³-hybridized carbons (Fsp3) is 0.143. The van der Waals surface area contributed by atoms with E-state index in [4.69, 9.17) is 11.6 Å². The van der Waals surface area contributed by atoms with Crippen LogP contribution in [0.5, 0.6) is 0 Å². The molecular formula is C14H14ClFN2. The molecule has 2 nitrogen and oxygen atoms in total. The molecule has 0 fully saturated rings. The summed E-state index contributed by atoms with van der Waals surface area (Å²) in [6.07, 6.45) is 0.834. The van der Waals surface area contributed by atoms with Crippen LogP contribution in [-0.2, 0) is 6.42 Å². The van der Waals surface area contributed by atoms with Gasteiger partial charge in [0.15, 0.2) is 0 Å². The first-order valence-corrected chi connectivity index (χ1v) is 6.11. The first-order chi connectivity index (χ1) is 8.74. The van der Waals surface area contributed by atoms with Crippen LogP contribution < -0.4 is 10.9 Å². The Morgan fingerprint density at radius 2 is 1.61 bits per heavy atom. The van der Waals surface area contributed by atoms with Gasteiger partial charge in [0.25, 0.3) is 0 Å². The number of rotatable bonds is 5. The van der Waals surface area contributed by atoms with Gasteiger partial charge in [-0.15, -0.1) is 0 Å². The predicted octanol–water partition coefficient (Wildman–Crippen LogP) is 3.64. The lowest BCUT2D eigenvalue weighted by atomic mass is 10.1. The molecule has 94 valence electrons. The summed E-state index contributed by atoms with van der Waals surface area (Å²) >= 11 is 5.79. The molecule has 0 radical (unpaired) electrons. The van der Waals surface area contributed by atoms with Crippen molar-refractivity contribution >= 4 is 17.3 Å². The Kier molecular flexibility index (Phi) is 4.56. The molecule has 0 saturated carbocycles. The Hall–Kier alpha value is -1.58. The predicted molar refractivity (Wildman–Crippen MR) is 73.2 cm³/mol. The SMILES string of the molecule is Fc1ccc(CCNNc2ccc(Cl)cc2)cc1. The third kappa shape index (κ3) is 4.02. The topological polar surface area (TPSA) is 24.1 Å². The lowest BCUT2D eigenvalue weighted by Crippen LogP contribution is -2.24. The third-order valence-corrected chi connectivity index (χ3v) is 2.78. The van der Waals surface area contributed by atoms with Gasteiger partial charge in [-0.25, -0.2) is 9.82 Å². The largest absolute Gasteiger partial charge is 0.321 e. The lowest BCUT2D eigenvalue weighted by molar-refractivity contribution is 0.626. The van der Waals surface area contributed by atoms with Crippen molar-refractivity contribution in [3.8, 4) is 0 Å². The van der Waals surface area contributed by atoms with E-state index in [2.05, 4.69) is 10.9 Å². The van der Waals surface area contributed by atoms with Crippen LogP contribution in [0.15, 0.2) is 48.5 Å². The molecule has 2 aromatic rings. The zero-order valence-electron chi connectivity index (χ0n) is 9.79. The van der Waals surface area contributed by atoms with E-state index in [9.17, 15) is 4.39 Å². The maximum Gasteiger partial charge on any atom is 0.123 e. The Balaban J connectivity index is 1.73. The van der Waals surface area contributed by atoms with Crippen molar-refractivity contribution in [1.82, 2.24) is 5.43 Å². The van der Waals surface area contributed by atoms with Crippen LogP contribution in [0, 0.1) is 5.82 Å². The van der Waals surface area contributed by atoms with Crippen LogP contribution in [0.2, 0.25) is 5.02 Å². The molecule has 0 saturated heterocycles. The van der Waals surface area contributed by atoms with Gasteiger partial charge < -0.3 is 5.43 Å². The fourth-order valence-corrected chi connectivity index (χ4v) is 1.68. The Morgan fingerprint density at radius 1 is 0.944 bits per heavy atom. The number of hydrazine groups is 1. The summed E-state index contributed by atoms with van der Waals surface area (Å²) in [7, 11) is 0. The van der Waals surface area contributed by atoms with E-state index in [-0.39, 0.29) is 5.82 Å². The minimum Gasteiger partial charge on any atom is -0.321 e. The maximum absolute atomic E-state index is 12.7. The van der Waals surface area contributed by atoms with Crippen molar-refractivity contribution in [2.45, 2.75) is 6.42 Å². The molecule has 0 heterocycles. The number of hydrogen-bond acceptors (Lipinski definition) is 2. The summed E-state index contributed by atoms with van der Waals surface area (Å²) in [5.74, 6) is -0.203. The highest BCUT2D eigenvalue weighted by atomic mass is 35.5. The summed E-state index contributed by atoms with van der Waals surface area (Å²) < 4.78 is 12.7. The van der Waals surface area contributed by atoms with Crippen molar-refractivity contribution < 1.29 is 4.39 Å². The van der Waals surface area contributed by atoms with Crippen LogP contribution in [0.3, 0.4) is 0 Å². The smallest absolute Gasteiger partial charge is 0.123 e. The molecule has 0 amide bonds. The molecule has 4 heteroatoms. The van der Waals surface area contributed by atoms with Crippen molar-refractivity contribution in [3.63, 3.8) is 0 Å². The van der Waals surface area contributed by atoms with E-state index < -0.39 is 0 Å². The Morgan fingerprint density at radius 3 is 2.28 bits per heavy atom. The van der Waals surface area contributed by atoms with Gasteiger partial charge in [0, 0.05) is 17.3 Å². The summed E-state index contributed by atoms with van der Waals surface area (Å²) in [5.41, 5.74) is 8.22. The summed E-state index contributed by atoms with van der Waals surface area (Å²) in [5, 5.41) is 0.715. The van der Waals surface area contributed by atoms with Crippen LogP contribution in [-0.4, -0.2) is 6.54 Å². The van der Waals surface area contributed by atoms with E-state index in [1.54, 1.807) is 12.1 Å². The van der Waals surface area contributed by atoms with Gasteiger partial charge in [-0.05, 0) is 48.4 Å². The van der Waals surface area contributed by atoms with Gasteiger partial charge in [-0.3, -0.25) is 0 Å². The lowest BCUT2D eigenvalue weighted by Gasteiger charge is -2.08. The van der Waals surface area contributed by atoms with Crippen LogP contribution in [0.25, 0.3) is 0 Å². The second-order valence-corrected chi connectivity index (χ2v) is 4.37. The standard InChI is InChI=1S/C14H14ClFN2/c15-12-3-7-14(8-4-12)18-17-10-9-11-1-5-13(16)6-2-11/h1-8,17-18H,9-10H2.